The summed E-state index contributed by atoms with van der Waals surface area (Å²) >= 11 is 5.89. The second kappa shape index (κ2) is 4.99. The van der Waals surface area contributed by atoms with Gasteiger partial charge in [-0.2, -0.15) is 0 Å². The summed E-state index contributed by atoms with van der Waals surface area (Å²) in [4.78, 5) is 11.9. The first-order chi connectivity index (χ1) is 8.45. The van der Waals surface area contributed by atoms with Gasteiger partial charge in [-0.15, -0.1) is 0 Å². The van der Waals surface area contributed by atoms with Gasteiger partial charge < -0.3 is 0 Å². The van der Waals surface area contributed by atoms with Gasteiger partial charge in [0, 0.05) is 18.0 Å². The zero-order valence-corrected chi connectivity index (χ0v) is 11.5. The van der Waals surface area contributed by atoms with E-state index < -0.39 is 10.0 Å². The van der Waals surface area contributed by atoms with Crippen LogP contribution in [-0.4, -0.2) is 20.7 Å². The fraction of sp³-hybridized carbons (Fsp3) is 0.417. The van der Waals surface area contributed by atoms with Crippen LogP contribution in [0.1, 0.15) is 30.1 Å². The number of carbonyl (C=O) groups is 1. The van der Waals surface area contributed by atoms with Crippen molar-refractivity contribution in [3.63, 3.8) is 0 Å². The van der Waals surface area contributed by atoms with E-state index in [2.05, 4.69) is 4.72 Å². The summed E-state index contributed by atoms with van der Waals surface area (Å²) in [6, 6.07) is 4.40. The molecule has 6 heteroatoms. The van der Waals surface area contributed by atoms with Gasteiger partial charge in [0.1, 0.15) is 4.90 Å². The molecule has 0 spiro atoms. The molecule has 1 aliphatic carbocycles. The Morgan fingerprint density at radius 1 is 1.44 bits per heavy atom. The SMILES string of the molecule is CCNS(=O)(=O)c1cc(C(=O)C2CC2)ccc1Cl. The van der Waals surface area contributed by atoms with Crippen molar-refractivity contribution in [3.8, 4) is 0 Å². The first-order valence-corrected chi connectivity index (χ1v) is 7.65. The summed E-state index contributed by atoms with van der Waals surface area (Å²) < 4.78 is 26.2. The number of halogens is 1. The van der Waals surface area contributed by atoms with Crippen LogP contribution < -0.4 is 4.72 Å². The van der Waals surface area contributed by atoms with Gasteiger partial charge in [0.05, 0.1) is 5.02 Å². The number of carbonyl (C=O) groups excluding carboxylic acids is 1. The Hall–Kier alpha value is -0.910. The average Bonchev–Trinajstić information content (AvgIpc) is 3.12. The number of rotatable bonds is 5. The summed E-state index contributed by atoms with van der Waals surface area (Å²) in [7, 11) is -3.64. The Morgan fingerprint density at radius 3 is 2.67 bits per heavy atom. The lowest BCUT2D eigenvalue weighted by molar-refractivity contribution is 0.0967. The standard InChI is InChI=1S/C12H14ClNO3S/c1-2-14-18(16,17)11-7-9(5-6-10(11)13)12(15)8-3-4-8/h5-8,14H,2-4H2,1H3. The largest absolute Gasteiger partial charge is 0.294 e. The lowest BCUT2D eigenvalue weighted by Gasteiger charge is -2.08. The van der Waals surface area contributed by atoms with Gasteiger partial charge in [0.15, 0.2) is 5.78 Å². The third-order valence-corrected chi connectivity index (χ3v) is 4.81. The highest BCUT2D eigenvalue weighted by Crippen LogP contribution is 2.34. The molecule has 0 atom stereocenters. The van der Waals surface area contributed by atoms with Gasteiger partial charge in [-0.25, -0.2) is 13.1 Å². The first-order valence-electron chi connectivity index (χ1n) is 5.79. The van der Waals surface area contributed by atoms with E-state index in [1.807, 2.05) is 0 Å². The van der Waals surface area contributed by atoms with Crippen LogP contribution in [0.2, 0.25) is 5.02 Å². The topological polar surface area (TPSA) is 63.2 Å². The lowest BCUT2D eigenvalue weighted by Crippen LogP contribution is -2.23. The van der Waals surface area contributed by atoms with Gasteiger partial charge in [-0.3, -0.25) is 4.79 Å². The summed E-state index contributed by atoms with van der Waals surface area (Å²) in [6.45, 7) is 1.96. The number of sulfonamides is 1. The second-order valence-electron chi connectivity index (χ2n) is 4.29. The molecular formula is C12H14ClNO3S. The summed E-state index contributed by atoms with van der Waals surface area (Å²) in [5.74, 6) is 0.0560. The zero-order chi connectivity index (χ0) is 13.3. The molecular weight excluding hydrogens is 274 g/mol. The van der Waals surface area contributed by atoms with Crippen LogP contribution in [0.25, 0.3) is 0 Å². The number of hydrogen-bond acceptors (Lipinski definition) is 3. The molecule has 98 valence electrons. The van der Waals surface area contributed by atoms with Crippen molar-refractivity contribution in [1.82, 2.24) is 4.72 Å². The number of nitrogens with one attached hydrogen (secondary N) is 1. The predicted octanol–water partition coefficient (Wildman–Crippen LogP) is 2.23. The van der Waals surface area contributed by atoms with Gasteiger partial charge in [-0.05, 0) is 31.0 Å². The molecule has 1 fully saturated rings. The van der Waals surface area contributed by atoms with Crippen LogP contribution >= 0.6 is 11.6 Å². The molecule has 0 heterocycles. The van der Waals surface area contributed by atoms with Crippen molar-refractivity contribution in [2.45, 2.75) is 24.7 Å². The first kappa shape index (κ1) is 13.5. The highest BCUT2D eigenvalue weighted by molar-refractivity contribution is 7.89. The van der Waals surface area contributed by atoms with E-state index in [9.17, 15) is 13.2 Å². The smallest absolute Gasteiger partial charge is 0.242 e. The van der Waals surface area contributed by atoms with Crippen molar-refractivity contribution in [1.29, 1.82) is 0 Å². The van der Waals surface area contributed by atoms with Crippen molar-refractivity contribution >= 4 is 27.4 Å². The van der Waals surface area contributed by atoms with E-state index in [0.717, 1.165) is 12.8 Å². The molecule has 1 aliphatic rings. The number of hydrogen-bond donors (Lipinski definition) is 1. The van der Waals surface area contributed by atoms with Gasteiger partial charge >= 0.3 is 0 Å². The summed E-state index contributed by atoms with van der Waals surface area (Å²) in [5.41, 5.74) is 0.415. The normalized spacial score (nSPS) is 15.7. The van der Waals surface area contributed by atoms with Gasteiger partial charge in [-0.1, -0.05) is 18.5 Å². The van der Waals surface area contributed by atoms with Crippen LogP contribution in [-0.2, 0) is 10.0 Å². The Morgan fingerprint density at radius 2 is 2.11 bits per heavy atom. The Bertz CT molecular complexity index is 579. The number of Topliss-reactive ketones (excluding diaryl/α,β-unsaturated/α-hetero) is 1. The number of benzene rings is 1. The molecule has 0 unspecified atom stereocenters. The van der Waals surface area contributed by atoms with Crippen LogP contribution in [0.3, 0.4) is 0 Å². The van der Waals surface area contributed by atoms with Crippen LogP contribution in [0, 0.1) is 5.92 Å². The fourth-order valence-corrected chi connectivity index (χ4v) is 3.28. The van der Waals surface area contributed by atoms with Crippen LogP contribution in [0.5, 0.6) is 0 Å². The molecule has 1 N–H and O–H groups in total. The van der Waals surface area contributed by atoms with E-state index in [4.69, 9.17) is 11.6 Å². The Balaban J connectivity index is 2.41. The molecule has 0 radical (unpaired) electrons. The second-order valence-corrected chi connectivity index (χ2v) is 6.43. The van der Waals surface area contributed by atoms with Gasteiger partial charge in [0.25, 0.3) is 0 Å². The van der Waals surface area contributed by atoms with Crippen LogP contribution in [0.4, 0.5) is 0 Å². The lowest BCUT2D eigenvalue weighted by atomic mass is 10.1. The van der Waals surface area contributed by atoms with Gasteiger partial charge in [0.2, 0.25) is 10.0 Å². The van der Waals surface area contributed by atoms with E-state index in [1.54, 1.807) is 13.0 Å². The van der Waals surface area contributed by atoms with E-state index >= 15 is 0 Å². The molecule has 0 aromatic heterocycles. The molecule has 4 nitrogen and oxygen atoms in total. The highest BCUT2D eigenvalue weighted by Gasteiger charge is 2.31. The monoisotopic (exact) mass is 287 g/mol. The third-order valence-electron chi connectivity index (χ3n) is 2.79. The maximum Gasteiger partial charge on any atom is 0.242 e. The van der Waals surface area contributed by atoms with Crippen molar-refractivity contribution in [2.75, 3.05) is 6.54 Å². The maximum atomic E-state index is 11.9. The molecule has 1 saturated carbocycles. The van der Waals surface area contributed by atoms with E-state index in [1.165, 1.54) is 12.1 Å². The fourth-order valence-electron chi connectivity index (χ4n) is 1.71. The summed E-state index contributed by atoms with van der Waals surface area (Å²) in [5, 5.41) is 0.128. The van der Waals surface area contributed by atoms with Crippen molar-refractivity contribution < 1.29 is 13.2 Å². The maximum absolute atomic E-state index is 11.9. The quantitative estimate of drug-likeness (QED) is 0.845. The zero-order valence-electron chi connectivity index (χ0n) is 9.94. The van der Waals surface area contributed by atoms with E-state index in [0.29, 0.717) is 5.56 Å². The average molecular weight is 288 g/mol. The Kier molecular flexibility index (Phi) is 3.75. The molecule has 2 rings (SSSR count). The predicted molar refractivity (Wildman–Crippen MR) is 69.4 cm³/mol. The third kappa shape index (κ3) is 2.74. The minimum Gasteiger partial charge on any atom is -0.294 e. The van der Waals surface area contributed by atoms with Crippen molar-refractivity contribution in [3.05, 3.63) is 28.8 Å². The van der Waals surface area contributed by atoms with Crippen LogP contribution in [0.15, 0.2) is 23.1 Å². The minimum absolute atomic E-state index is 0.000356. The molecule has 0 aliphatic heterocycles. The molecule has 1 aromatic rings. The molecule has 0 amide bonds. The molecule has 1 aromatic carbocycles. The Labute approximate surface area is 111 Å². The highest BCUT2D eigenvalue weighted by atomic mass is 35.5. The summed E-state index contributed by atoms with van der Waals surface area (Å²) in [6.07, 6.45) is 1.77. The molecule has 0 saturated heterocycles. The molecule has 18 heavy (non-hydrogen) atoms. The number of ketones is 1. The van der Waals surface area contributed by atoms with Crippen molar-refractivity contribution in [2.24, 2.45) is 5.92 Å². The molecule has 0 bridgehead atoms. The minimum atomic E-state index is -3.64. The van der Waals surface area contributed by atoms with E-state index in [-0.39, 0.29) is 28.2 Å².